The standard InChI is InChI=1S/C53H59F2N9O9/c1-4-35-38(54)9-7-30-23-32(65)24-36(43(30)35)45-44(55)46-37(26-56-45)47(62-19-5-16-52(2,70)28-62)59-49(58-46)72-29-53-17-6-20-63(53)31(13-18-53)27-71-51(69)61-21-14-33(15-22-61)73-34-8-10-39-41(25-34)60(3)50(68)64(39)40-11-12-42(66)57-48(40)67/h7-10,23-26,31,33,40,65,70H,4-6,11-22,27-29H2,1-3H3,(H,57,66,67)/t31-,40?,52+,53+/m0/s1. The first-order chi connectivity index (χ1) is 35.1. The molecule has 73 heavy (non-hydrogen) atoms. The lowest BCUT2D eigenvalue weighted by atomic mass is 9.94. The fourth-order valence-electron chi connectivity index (χ4n) is 12.2. The molecule has 20 heteroatoms. The number of aliphatic hydroxyl groups is 1. The summed E-state index contributed by atoms with van der Waals surface area (Å²) in [5.41, 5.74) is -0.150. The van der Waals surface area contributed by atoms with Crippen molar-refractivity contribution in [3.63, 3.8) is 0 Å². The van der Waals surface area contributed by atoms with Crippen LogP contribution in [0.25, 0.3) is 44.0 Å². The van der Waals surface area contributed by atoms with Crippen molar-refractivity contribution in [3.8, 4) is 28.8 Å². The number of nitrogens with one attached hydrogen (secondary N) is 1. The Morgan fingerprint density at radius 1 is 0.945 bits per heavy atom. The first kappa shape index (κ1) is 48.3. The first-order valence-electron chi connectivity index (χ1n) is 25.4. The van der Waals surface area contributed by atoms with E-state index in [-0.39, 0.29) is 84.9 Å². The van der Waals surface area contributed by atoms with Gasteiger partial charge in [0.05, 0.1) is 27.6 Å². The molecule has 5 aliphatic rings. The highest BCUT2D eigenvalue weighted by Gasteiger charge is 2.50. The molecule has 3 amide bonds. The number of anilines is 1. The lowest BCUT2D eigenvalue weighted by Gasteiger charge is -2.38. The molecule has 3 aromatic carbocycles. The number of phenols is 1. The molecular formula is C53H59F2N9O9. The molecule has 384 valence electrons. The number of carbonyl (C=O) groups excluding carboxylic acids is 3. The number of halogens is 2. The summed E-state index contributed by atoms with van der Waals surface area (Å²) in [6.07, 6.45) is 7.35. The van der Waals surface area contributed by atoms with Crippen molar-refractivity contribution >= 4 is 56.4 Å². The Bertz CT molecular complexity index is 3260. The second kappa shape index (κ2) is 18.8. The van der Waals surface area contributed by atoms with Crippen LogP contribution in [0.4, 0.5) is 19.4 Å². The van der Waals surface area contributed by atoms with Crippen LogP contribution < -0.4 is 25.4 Å². The summed E-state index contributed by atoms with van der Waals surface area (Å²) in [5, 5.41) is 25.5. The number of pyridine rings is 1. The van der Waals surface area contributed by atoms with Crippen LogP contribution >= 0.6 is 0 Å². The van der Waals surface area contributed by atoms with Gasteiger partial charge in [0, 0.05) is 76.4 Å². The summed E-state index contributed by atoms with van der Waals surface area (Å²) in [5.74, 6) is -1.25. The Morgan fingerprint density at radius 2 is 1.75 bits per heavy atom. The number of amides is 3. The number of nitrogens with zero attached hydrogens (tertiary/aromatic N) is 8. The van der Waals surface area contributed by atoms with E-state index >= 15 is 8.78 Å². The maximum atomic E-state index is 17.2. The van der Waals surface area contributed by atoms with Gasteiger partial charge >= 0.3 is 17.8 Å². The second-order valence-electron chi connectivity index (χ2n) is 20.7. The molecular weight excluding hydrogens is 945 g/mol. The molecule has 6 aromatic rings. The van der Waals surface area contributed by atoms with E-state index in [0.717, 1.165) is 32.2 Å². The van der Waals surface area contributed by atoms with Gasteiger partial charge in [-0.15, -0.1) is 0 Å². The van der Waals surface area contributed by atoms with Crippen molar-refractivity contribution in [2.45, 2.75) is 114 Å². The predicted molar refractivity (Wildman–Crippen MR) is 266 cm³/mol. The van der Waals surface area contributed by atoms with Gasteiger partial charge in [0.1, 0.15) is 59.7 Å². The van der Waals surface area contributed by atoms with E-state index < -0.39 is 40.8 Å². The van der Waals surface area contributed by atoms with Gasteiger partial charge in [-0.2, -0.15) is 9.97 Å². The largest absolute Gasteiger partial charge is 0.508 e. The molecule has 8 heterocycles. The summed E-state index contributed by atoms with van der Waals surface area (Å²) >= 11 is 0. The minimum Gasteiger partial charge on any atom is -0.508 e. The number of β-amino-alcohol motifs (C(OH)–C–C–N with tert-alkyl or cyclic N) is 1. The van der Waals surface area contributed by atoms with Crippen LogP contribution in [0.5, 0.6) is 17.5 Å². The summed E-state index contributed by atoms with van der Waals surface area (Å²) in [7, 11) is 1.64. The van der Waals surface area contributed by atoms with Crippen molar-refractivity contribution in [2.24, 2.45) is 7.05 Å². The maximum Gasteiger partial charge on any atom is 0.409 e. The Kier molecular flexibility index (Phi) is 12.5. The number of imide groups is 1. The topological polar surface area (TPSA) is 207 Å². The molecule has 1 unspecified atom stereocenters. The van der Waals surface area contributed by atoms with E-state index in [1.807, 2.05) is 11.8 Å². The van der Waals surface area contributed by atoms with Gasteiger partial charge in [-0.25, -0.2) is 18.4 Å². The van der Waals surface area contributed by atoms with E-state index in [9.17, 15) is 29.4 Å². The third-order valence-corrected chi connectivity index (χ3v) is 15.9. The zero-order chi connectivity index (χ0) is 50.9. The number of rotatable bonds is 11. The number of benzene rings is 3. The average Bonchev–Trinajstić information content (AvgIpc) is 4.02. The number of likely N-dealkylation sites (tertiary alicyclic amines) is 1. The third kappa shape index (κ3) is 8.84. The van der Waals surface area contributed by atoms with E-state index in [2.05, 4.69) is 20.2 Å². The van der Waals surface area contributed by atoms with Gasteiger partial charge in [0.15, 0.2) is 5.82 Å². The van der Waals surface area contributed by atoms with Crippen LogP contribution in [-0.4, -0.2) is 131 Å². The van der Waals surface area contributed by atoms with E-state index in [1.165, 1.54) is 33.5 Å². The van der Waals surface area contributed by atoms with Crippen LogP contribution in [0.2, 0.25) is 0 Å². The second-order valence-corrected chi connectivity index (χ2v) is 20.7. The minimum atomic E-state index is -1.01. The van der Waals surface area contributed by atoms with E-state index in [4.69, 9.17) is 19.2 Å². The molecule has 4 atom stereocenters. The fraction of sp³-hybridized carbons (Fsp3) is 0.491. The summed E-state index contributed by atoms with van der Waals surface area (Å²) in [4.78, 5) is 71.2. The SMILES string of the molecule is CCc1c(F)ccc2cc(O)cc(-c3ncc4c(N5CCC[C@@](C)(O)C5)nc(OC[C@]56CCCN5[C@H](COC(=O)N5CCC(Oc7ccc8c(c7)n(C)c(=O)n8C7CCC(=O)NC7=O)CC5)CC6)nc4c3F)c12. The highest BCUT2D eigenvalue weighted by atomic mass is 19.1. The molecule has 0 aliphatic carbocycles. The number of ether oxygens (including phenoxy) is 3. The summed E-state index contributed by atoms with van der Waals surface area (Å²) in [6, 6.07) is 10.2. The molecule has 5 saturated heterocycles. The average molecular weight is 1000 g/mol. The molecule has 18 nitrogen and oxygen atoms in total. The van der Waals surface area contributed by atoms with Gasteiger partial charge in [0.2, 0.25) is 11.8 Å². The number of hydrogen-bond donors (Lipinski definition) is 3. The van der Waals surface area contributed by atoms with Crippen LogP contribution in [0.15, 0.2) is 53.5 Å². The van der Waals surface area contributed by atoms with Gasteiger partial charge < -0.3 is 34.2 Å². The highest BCUT2D eigenvalue weighted by molar-refractivity contribution is 6.02. The number of aromatic hydroxyl groups is 1. The third-order valence-electron chi connectivity index (χ3n) is 15.9. The zero-order valence-corrected chi connectivity index (χ0v) is 41.2. The Balaban J connectivity index is 0.759. The van der Waals surface area contributed by atoms with Crippen molar-refractivity contribution in [1.29, 1.82) is 0 Å². The molecule has 0 spiro atoms. The monoisotopic (exact) mass is 1000 g/mol. The van der Waals surface area contributed by atoms with Crippen molar-refractivity contribution < 1.29 is 47.6 Å². The highest BCUT2D eigenvalue weighted by Crippen LogP contribution is 2.44. The molecule has 3 N–H and O–H groups in total. The summed E-state index contributed by atoms with van der Waals surface area (Å²) in [6.45, 7) is 6.44. The van der Waals surface area contributed by atoms with Crippen LogP contribution in [0.3, 0.4) is 0 Å². The van der Waals surface area contributed by atoms with Crippen LogP contribution in [-0.2, 0) is 27.8 Å². The lowest BCUT2D eigenvalue weighted by Crippen LogP contribution is -2.49. The van der Waals surface area contributed by atoms with Crippen molar-refractivity contribution in [1.82, 2.24) is 39.2 Å². The van der Waals surface area contributed by atoms with Crippen LogP contribution in [0, 0.1) is 11.6 Å². The van der Waals surface area contributed by atoms with Gasteiger partial charge in [-0.05, 0) is 112 Å². The molecule has 0 radical (unpaired) electrons. The molecule has 0 bridgehead atoms. The van der Waals surface area contributed by atoms with E-state index in [1.54, 1.807) is 43.1 Å². The Hall–Kier alpha value is -6.93. The molecule has 11 rings (SSSR count). The van der Waals surface area contributed by atoms with Gasteiger partial charge in [-0.1, -0.05) is 13.0 Å². The number of hydrogen-bond acceptors (Lipinski definition) is 14. The maximum absolute atomic E-state index is 17.2. The predicted octanol–water partition coefficient (Wildman–Crippen LogP) is 6.43. The number of aromatic nitrogens is 5. The molecule has 0 saturated carbocycles. The summed E-state index contributed by atoms with van der Waals surface area (Å²) < 4.78 is 54.2. The number of fused-ring (bicyclic) bond motifs is 4. The number of piperidine rings is 3. The van der Waals surface area contributed by atoms with Crippen LogP contribution in [0.1, 0.15) is 89.7 Å². The normalized spacial score (nSPS) is 23.9. The number of carbonyl (C=O) groups is 3. The molecule has 5 fully saturated rings. The number of imidazole rings is 1. The number of phenolic OH excluding ortho intramolecular Hbond substituents is 1. The van der Waals surface area contributed by atoms with Crippen molar-refractivity contribution in [2.75, 3.05) is 50.8 Å². The molecule has 5 aliphatic heterocycles. The van der Waals surface area contributed by atoms with Gasteiger partial charge in [-0.3, -0.25) is 33.9 Å². The molecule has 3 aromatic heterocycles. The first-order valence-corrected chi connectivity index (χ1v) is 25.4. The fourth-order valence-corrected chi connectivity index (χ4v) is 12.2. The Morgan fingerprint density at radius 3 is 2.53 bits per heavy atom. The van der Waals surface area contributed by atoms with Gasteiger partial charge in [0.25, 0.3) is 0 Å². The Labute approximate surface area is 418 Å². The quantitative estimate of drug-likeness (QED) is 0.120. The zero-order valence-electron chi connectivity index (χ0n) is 41.2. The smallest absolute Gasteiger partial charge is 0.409 e. The number of aryl methyl sites for hydroxylation is 2. The van der Waals surface area contributed by atoms with Crippen molar-refractivity contribution in [3.05, 3.63) is 76.3 Å². The van der Waals surface area contributed by atoms with E-state index in [0.29, 0.717) is 96.1 Å². The lowest BCUT2D eigenvalue weighted by molar-refractivity contribution is -0.135. The minimum absolute atomic E-state index is 0.0386.